The molecule has 106 valence electrons. The van der Waals surface area contributed by atoms with Gasteiger partial charge in [-0.1, -0.05) is 18.2 Å². The minimum absolute atomic E-state index is 0.0219. The first-order valence-corrected chi connectivity index (χ1v) is 5.74. The Labute approximate surface area is 117 Å². The van der Waals surface area contributed by atoms with Gasteiger partial charge in [-0.25, -0.2) is 0 Å². The van der Waals surface area contributed by atoms with E-state index in [4.69, 9.17) is 0 Å². The summed E-state index contributed by atoms with van der Waals surface area (Å²) in [7, 11) is 0. The van der Waals surface area contributed by atoms with Crippen molar-refractivity contribution in [2.75, 3.05) is 5.43 Å². The number of hydrogen-bond acceptors (Lipinski definition) is 8. The maximum absolute atomic E-state index is 11.5. The molecule has 3 aromatic rings. The average Bonchev–Trinajstić information content (AvgIpc) is 3.11. The molecule has 2 heterocycles. The van der Waals surface area contributed by atoms with Crippen molar-refractivity contribution in [1.29, 1.82) is 0 Å². The molecule has 0 spiro atoms. The first-order chi connectivity index (χ1) is 10.3. The van der Waals surface area contributed by atoms with E-state index in [0.29, 0.717) is 5.69 Å². The highest BCUT2D eigenvalue weighted by Gasteiger charge is 2.25. The van der Waals surface area contributed by atoms with Gasteiger partial charge in [0.25, 0.3) is 0 Å². The minimum atomic E-state index is -0.0637. The predicted molar refractivity (Wildman–Crippen MR) is 66.6 cm³/mol. The number of rotatable bonds is 4. The van der Waals surface area contributed by atoms with E-state index < -0.39 is 0 Å². The van der Waals surface area contributed by atoms with E-state index in [0.717, 1.165) is 12.4 Å². The van der Waals surface area contributed by atoms with Crippen LogP contribution in [0.2, 0.25) is 0 Å². The lowest BCUT2D eigenvalue weighted by Gasteiger charge is -2.02. The fourth-order valence-corrected chi connectivity index (χ4v) is 1.59. The maximum Gasteiger partial charge on any atom is 0.250 e. The Morgan fingerprint density at radius 1 is 1.00 bits per heavy atom. The number of para-hydroxylation sites is 1. The summed E-state index contributed by atoms with van der Waals surface area (Å²) < 4.78 is 8.75. The van der Waals surface area contributed by atoms with E-state index in [1.165, 1.54) is 0 Å². The van der Waals surface area contributed by atoms with Gasteiger partial charge in [0.1, 0.15) is 0 Å². The van der Waals surface area contributed by atoms with Crippen LogP contribution in [-0.4, -0.2) is 16.0 Å². The van der Waals surface area contributed by atoms with Crippen molar-refractivity contribution in [2.24, 2.45) is 5.10 Å². The lowest BCUT2D eigenvalue weighted by molar-refractivity contribution is -0.808. The van der Waals surface area contributed by atoms with Crippen LogP contribution in [0.3, 0.4) is 0 Å². The summed E-state index contributed by atoms with van der Waals surface area (Å²) in [6.45, 7) is 0. The van der Waals surface area contributed by atoms with Gasteiger partial charge in [-0.2, -0.15) is 5.10 Å². The molecule has 0 amide bonds. The third-order valence-electron chi connectivity index (χ3n) is 2.54. The number of benzene rings is 1. The summed E-state index contributed by atoms with van der Waals surface area (Å²) in [5.74, 6) is 0. The van der Waals surface area contributed by atoms with Gasteiger partial charge in [0, 0.05) is 10.3 Å². The number of nitrogens with zero attached hydrogens (tertiary/aromatic N) is 5. The smallest absolute Gasteiger partial charge is 0.250 e. The third-order valence-corrected chi connectivity index (χ3v) is 2.54. The number of hydrogen-bond donors (Lipinski definition) is 1. The maximum atomic E-state index is 11.5. The number of hydrazone groups is 1. The SMILES string of the molecule is [O-][n+]1oncc1C(=NNc1ccccc1)c1cno[n+]1[O-]. The molecular formula is C11H8N6O4. The molecule has 2 aromatic heterocycles. The molecule has 0 bridgehead atoms. The molecule has 0 radical (unpaired) electrons. The Hall–Kier alpha value is -3.43. The van der Waals surface area contributed by atoms with Crippen LogP contribution in [0.1, 0.15) is 11.4 Å². The van der Waals surface area contributed by atoms with Gasteiger partial charge in [-0.3, -0.25) is 14.7 Å². The number of nitrogens with one attached hydrogen (secondary N) is 1. The lowest BCUT2D eigenvalue weighted by atomic mass is 10.2. The Bertz CT molecular complexity index is 724. The molecule has 10 nitrogen and oxygen atoms in total. The van der Waals surface area contributed by atoms with E-state index in [1.807, 2.05) is 6.07 Å². The van der Waals surface area contributed by atoms with Crippen molar-refractivity contribution in [2.45, 2.75) is 0 Å². The quantitative estimate of drug-likeness (QED) is 0.399. The van der Waals surface area contributed by atoms with Gasteiger partial charge in [-0.15, -0.1) is 0 Å². The zero-order valence-electron chi connectivity index (χ0n) is 10.4. The first-order valence-electron chi connectivity index (χ1n) is 5.74. The van der Waals surface area contributed by atoms with Crippen LogP contribution < -0.4 is 15.2 Å². The van der Waals surface area contributed by atoms with E-state index >= 15 is 0 Å². The van der Waals surface area contributed by atoms with Gasteiger partial charge >= 0.3 is 0 Å². The molecule has 0 fully saturated rings. The molecule has 0 saturated heterocycles. The molecule has 0 saturated carbocycles. The van der Waals surface area contributed by atoms with Crippen molar-refractivity contribution in [3.05, 3.63) is 64.5 Å². The summed E-state index contributed by atoms with van der Waals surface area (Å²) in [5.41, 5.74) is 3.24. The molecule has 0 aliphatic heterocycles. The fraction of sp³-hybridized carbons (Fsp3) is 0. The molecule has 1 N–H and O–H groups in total. The van der Waals surface area contributed by atoms with Crippen LogP contribution in [-0.2, 0) is 0 Å². The Balaban J connectivity index is 2.01. The van der Waals surface area contributed by atoms with E-state index in [9.17, 15) is 10.4 Å². The van der Waals surface area contributed by atoms with E-state index in [-0.39, 0.29) is 26.9 Å². The highest BCUT2D eigenvalue weighted by atomic mass is 16.8. The highest BCUT2D eigenvalue weighted by Crippen LogP contribution is 2.07. The molecule has 0 aliphatic rings. The normalized spacial score (nSPS) is 10.3. The van der Waals surface area contributed by atoms with Crippen molar-refractivity contribution < 1.29 is 19.1 Å². The minimum Gasteiger partial charge on any atom is -0.359 e. The van der Waals surface area contributed by atoms with Crippen LogP contribution in [0.15, 0.2) is 57.1 Å². The van der Waals surface area contributed by atoms with Crippen LogP contribution in [0.25, 0.3) is 0 Å². The third kappa shape index (κ3) is 2.49. The zero-order valence-corrected chi connectivity index (χ0v) is 10.4. The average molecular weight is 288 g/mol. The van der Waals surface area contributed by atoms with Gasteiger partial charge in [0.05, 0.1) is 5.69 Å². The molecule has 0 aliphatic carbocycles. The van der Waals surface area contributed by atoms with Gasteiger partial charge < -0.3 is 10.4 Å². The number of anilines is 1. The summed E-state index contributed by atoms with van der Waals surface area (Å²) in [4.78, 5) is 0.247. The zero-order chi connectivity index (χ0) is 14.7. The Morgan fingerprint density at radius 3 is 2.05 bits per heavy atom. The second-order valence-corrected chi connectivity index (χ2v) is 3.86. The van der Waals surface area contributed by atoms with Crippen molar-refractivity contribution in [3.8, 4) is 0 Å². The largest absolute Gasteiger partial charge is 0.359 e. The molecule has 0 unspecified atom stereocenters. The van der Waals surface area contributed by atoms with Crippen molar-refractivity contribution in [3.63, 3.8) is 0 Å². The standard InChI is InChI=1S/C11H8N6O4/c18-16-9(6-12-20-16)11(10-7-13-21-17(10)19)15-14-8-4-2-1-3-5-8/h1-7,14H. The Kier molecular flexibility index (Phi) is 3.17. The van der Waals surface area contributed by atoms with Crippen LogP contribution in [0, 0.1) is 10.4 Å². The topological polar surface area (TPSA) is 130 Å². The molecular weight excluding hydrogens is 280 g/mol. The van der Waals surface area contributed by atoms with E-state index in [1.54, 1.807) is 24.3 Å². The predicted octanol–water partition coefficient (Wildman–Crippen LogP) is -0.206. The molecule has 1 aromatic carbocycles. The second kappa shape index (κ2) is 5.28. The molecule has 3 rings (SSSR count). The van der Waals surface area contributed by atoms with Crippen molar-refractivity contribution >= 4 is 11.4 Å². The summed E-state index contributed by atoms with van der Waals surface area (Å²) >= 11 is 0. The molecule has 10 heteroatoms. The van der Waals surface area contributed by atoms with Gasteiger partial charge in [0.2, 0.25) is 23.8 Å². The number of aromatic nitrogens is 4. The lowest BCUT2D eigenvalue weighted by Crippen LogP contribution is -2.38. The first kappa shape index (κ1) is 12.6. The Morgan fingerprint density at radius 2 is 1.57 bits per heavy atom. The summed E-state index contributed by atoms with van der Waals surface area (Å²) in [6, 6.07) is 8.97. The van der Waals surface area contributed by atoms with Gasteiger partial charge in [-0.05, 0) is 21.9 Å². The fourth-order valence-electron chi connectivity index (χ4n) is 1.59. The molecule has 0 atom stereocenters. The van der Waals surface area contributed by atoms with E-state index in [2.05, 4.69) is 30.1 Å². The summed E-state index contributed by atoms with van der Waals surface area (Å²) in [6.07, 6.45) is 2.26. The monoisotopic (exact) mass is 288 g/mol. The van der Waals surface area contributed by atoms with Gasteiger partial charge in [0.15, 0.2) is 5.71 Å². The van der Waals surface area contributed by atoms with Crippen LogP contribution in [0.4, 0.5) is 5.69 Å². The van der Waals surface area contributed by atoms with Crippen LogP contribution in [0.5, 0.6) is 0 Å². The van der Waals surface area contributed by atoms with Crippen LogP contribution >= 0.6 is 0 Å². The molecule has 21 heavy (non-hydrogen) atoms. The highest BCUT2D eigenvalue weighted by molar-refractivity contribution is 6.08. The second-order valence-electron chi connectivity index (χ2n) is 3.86. The van der Waals surface area contributed by atoms with Crippen molar-refractivity contribution in [1.82, 2.24) is 10.3 Å². The summed E-state index contributed by atoms with van der Waals surface area (Å²) in [5, 5.41) is 33.7.